The van der Waals surface area contributed by atoms with Crippen molar-refractivity contribution in [2.45, 2.75) is 25.4 Å². The summed E-state index contributed by atoms with van der Waals surface area (Å²) in [7, 11) is 3.90. The van der Waals surface area contributed by atoms with Crippen LogP contribution < -0.4 is 0 Å². The van der Waals surface area contributed by atoms with Gasteiger partial charge in [0.1, 0.15) is 6.61 Å². The summed E-state index contributed by atoms with van der Waals surface area (Å²) >= 11 is 0. The van der Waals surface area contributed by atoms with E-state index >= 15 is 0 Å². The minimum atomic E-state index is -0.314. The molecule has 0 bridgehead atoms. The zero-order valence-corrected chi connectivity index (χ0v) is 8.99. The summed E-state index contributed by atoms with van der Waals surface area (Å²) in [6, 6.07) is 0. The highest BCUT2D eigenvalue weighted by Gasteiger charge is 2.22. The summed E-state index contributed by atoms with van der Waals surface area (Å²) < 4.78 is 10.4. The Morgan fingerprint density at radius 3 is 2.86 bits per heavy atom. The number of rotatable bonds is 4. The lowest BCUT2D eigenvalue weighted by atomic mass is 10.1. The zero-order valence-electron chi connectivity index (χ0n) is 8.99. The van der Waals surface area contributed by atoms with Crippen LogP contribution in [0, 0.1) is 0 Å². The molecule has 1 rings (SSSR count). The first kappa shape index (κ1) is 11.5. The van der Waals surface area contributed by atoms with E-state index in [1.807, 2.05) is 19.0 Å². The molecule has 1 atom stereocenters. The fraction of sp³-hybridized carbons (Fsp3) is 0.900. The molecule has 0 aromatic rings. The van der Waals surface area contributed by atoms with Gasteiger partial charge in [0.2, 0.25) is 0 Å². The summed E-state index contributed by atoms with van der Waals surface area (Å²) in [5.41, 5.74) is 0. The molecule has 1 saturated heterocycles. The maximum atomic E-state index is 11.4. The third-order valence-electron chi connectivity index (χ3n) is 2.23. The van der Waals surface area contributed by atoms with Crippen molar-refractivity contribution in [2.75, 3.05) is 33.9 Å². The molecule has 4 heteroatoms. The largest absolute Gasteiger partial charge is 0.462 e. The van der Waals surface area contributed by atoms with Crippen LogP contribution in [-0.2, 0) is 14.3 Å². The minimum Gasteiger partial charge on any atom is -0.462 e. The van der Waals surface area contributed by atoms with Gasteiger partial charge in [-0.1, -0.05) is 0 Å². The van der Waals surface area contributed by atoms with E-state index in [9.17, 15) is 4.79 Å². The molecule has 0 aromatic heterocycles. The van der Waals surface area contributed by atoms with Crippen LogP contribution in [0.25, 0.3) is 0 Å². The highest BCUT2D eigenvalue weighted by atomic mass is 16.6. The van der Waals surface area contributed by atoms with Crippen LogP contribution in [0.1, 0.15) is 19.3 Å². The molecule has 4 nitrogen and oxygen atoms in total. The molecule has 1 aliphatic heterocycles. The number of carbonyl (C=O) groups excluding carboxylic acids is 1. The number of hydrogen-bond donors (Lipinski definition) is 0. The second-order valence-corrected chi connectivity index (χ2v) is 3.83. The van der Waals surface area contributed by atoms with E-state index in [2.05, 4.69) is 0 Å². The Labute approximate surface area is 85.2 Å². The Morgan fingerprint density at radius 2 is 2.29 bits per heavy atom. The maximum absolute atomic E-state index is 11.4. The molecule has 0 radical (unpaired) electrons. The lowest BCUT2D eigenvalue weighted by Gasteiger charge is -2.21. The molecule has 0 spiro atoms. The predicted molar refractivity (Wildman–Crippen MR) is 53.1 cm³/mol. The van der Waals surface area contributed by atoms with E-state index in [-0.39, 0.29) is 12.1 Å². The van der Waals surface area contributed by atoms with Gasteiger partial charge in [-0.3, -0.25) is 0 Å². The molecule has 0 aromatic carbocycles. The first-order valence-corrected chi connectivity index (χ1v) is 5.13. The summed E-state index contributed by atoms with van der Waals surface area (Å²) in [4.78, 5) is 13.4. The van der Waals surface area contributed by atoms with Gasteiger partial charge in [0.25, 0.3) is 0 Å². The van der Waals surface area contributed by atoms with Crippen LogP contribution in [0.3, 0.4) is 0 Å². The van der Waals surface area contributed by atoms with Gasteiger partial charge >= 0.3 is 5.97 Å². The molecule has 1 aliphatic rings. The van der Waals surface area contributed by atoms with Crippen LogP contribution >= 0.6 is 0 Å². The average Bonchev–Trinajstić information content (AvgIpc) is 2.18. The van der Waals surface area contributed by atoms with Crippen molar-refractivity contribution in [1.82, 2.24) is 4.90 Å². The van der Waals surface area contributed by atoms with Gasteiger partial charge in [0.05, 0.1) is 0 Å². The molecule has 1 unspecified atom stereocenters. The van der Waals surface area contributed by atoms with E-state index in [0.717, 1.165) is 25.8 Å². The Hall–Kier alpha value is -0.610. The summed E-state index contributed by atoms with van der Waals surface area (Å²) in [5.74, 6) is -0.202. The molecule has 1 fully saturated rings. The summed E-state index contributed by atoms with van der Waals surface area (Å²) in [6.45, 7) is 1.90. The van der Waals surface area contributed by atoms with Crippen molar-refractivity contribution in [3.05, 3.63) is 0 Å². The van der Waals surface area contributed by atoms with Crippen molar-refractivity contribution in [3.63, 3.8) is 0 Å². The second-order valence-electron chi connectivity index (χ2n) is 3.83. The SMILES string of the molecule is CN(C)CCOC(=O)C1CCCCO1. The highest BCUT2D eigenvalue weighted by Crippen LogP contribution is 2.13. The van der Waals surface area contributed by atoms with Gasteiger partial charge in [-0.05, 0) is 33.4 Å². The van der Waals surface area contributed by atoms with Gasteiger partial charge in [-0.25, -0.2) is 4.79 Å². The third-order valence-corrected chi connectivity index (χ3v) is 2.23. The molecule has 14 heavy (non-hydrogen) atoms. The van der Waals surface area contributed by atoms with Crippen molar-refractivity contribution in [3.8, 4) is 0 Å². The molecule has 1 heterocycles. The number of hydrogen-bond acceptors (Lipinski definition) is 4. The monoisotopic (exact) mass is 201 g/mol. The summed E-state index contributed by atoms with van der Waals surface area (Å²) in [6.07, 6.45) is 2.61. The van der Waals surface area contributed by atoms with Crippen LogP contribution in [-0.4, -0.2) is 50.8 Å². The fourth-order valence-corrected chi connectivity index (χ4v) is 1.35. The molecular weight excluding hydrogens is 182 g/mol. The van der Waals surface area contributed by atoms with E-state index in [1.165, 1.54) is 0 Å². The van der Waals surface area contributed by atoms with Crippen LogP contribution in [0.15, 0.2) is 0 Å². The molecule has 0 saturated carbocycles. The predicted octanol–water partition coefficient (Wildman–Crippen LogP) is 0.660. The molecule has 0 amide bonds. The van der Waals surface area contributed by atoms with Crippen molar-refractivity contribution < 1.29 is 14.3 Å². The number of likely N-dealkylation sites (N-methyl/N-ethyl adjacent to an activating group) is 1. The lowest BCUT2D eigenvalue weighted by molar-refractivity contribution is -0.160. The molecule has 0 N–H and O–H groups in total. The number of carbonyl (C=O) groups is 1. The van der Waals surface area contributed by atoms with E-state index in [0.29, 0.717) is 13.2 Å². The van der Waals surface area contributed by atoms with Crippen molar-refractivity contribution in [1.29, 1.82) is 0 Å². The minimum absolute atomic E-state index is 0.202. The topological polar surface area (TPSA) is 38.8 Å². The van der Waals surface area contributed by atoms with Crippen LogP contribution in [0.5, 0.6) is 0 Å². The van der Waals surface area contributed by atoms with Crippen LogP contribution in [0.2, 0.25) is 0 Å². The van der Waals surface area contributed by atoms with Gasteiger partial charge in [-0.2, -0.15) is 0 Å². The quantitative estimate of drug-likeness (QED) is 0.626. The van der Waals surface area contributed by atoms with Gasteiger partial charge in [0.15, 0.2) is 6.10 Å². The normalized spacial score (nSPS) is 22.4. The van der Waals surface area contributed by atoms with E-state index in [4.69, 9.17) is 9.47 Å². The maximum Gasteiger partial charge on any atom is 0.335 e. The highest BCUT2D eigenvalue weighted by molar-refractivity contribution is 5.74. The second kappa shape index (κ2) is 5.98. The van der Waals surface area contributed by atoms with E-state index < -0.39 is 0 Å². The molecular formula is C10H19NO3. The molecule has 82 valence electrons. The Kier molecular flexibility index (Phi) is 4.90. The zero-order chi connectivity index (χ0) is 10.4. The van der Waals surface area contributed by atoms with Gasteiger partial charge in [0, 0.05) is 13.2 Å². The van der Waals surface area contributed by atoms with Crippen LogP contribution in [0.4, 0.5) is 0 Å². The first-order valence-electron chi connectivity index (χ1n) is 5.13. The standard InChI is InChI=1S/C10H19NO3/c1-11(2)6-8-14-10(12)9-5-3-4-7-13-9/h9H,3-8H2,1-2H3. The smallest absolute Gasteiger partial charge is 0.335 e. The Bertz CT molecular complexity index is 176. The van der Waals surface area contributed by atoms with E-state index in [1.54, 1.807) is 0 Å². The van der Waals surface area contributed by atoms with Crippen molar-refractivity contribution in [2.24, 2.45) is 0 Å². The Morgan fingerprint density at radius 1 is 1.50 bits per heavy atom. The average molecular weight is 201 g/mol. The fourth-order valence-electron chi connectivity index (χ4n) is 1.35. The third kappa shape index (κ3) is 4.07. The number of ether oxygens (including phenoxy) is 2. The lowest BCUT2D eigenvalue weighted by Crippen LogP contribution is -2.31. The number of esters is 1. The number of nitrogens with zero attached hydrogens (tertiary/aromatic N) is 1. The van der Waals surface area contributed by atoms with Gasteiger partial charge in [-0.15, -0.1) is 0 Å². The summed E-state index contributed by atoms with van der Waals surface area (Å²) in [5, 5.41) is 0. The van der Waals surface area contributed by atoms with Crippen molar-refractivity contribution >= 4 is 5.97 Å². The molecule has 0 aliphatic carbocycles. The first-order chi connectivity index (χ1) is 6.70. The Balaban J connectivity index is 2.13. The van der Waals surface area contributed by atoms with Gasteiger partial charge < -0.3 is 14.4 Å².